The monoisotopic (exact) mass is 311 g/mol. The highest BCUT2D eigenvalue weighted by atomic mass is 16.5. The summed E-state index contributed by atoms with van der Waals surface area (Å²) in [5.74, 6) is 2.18. The molecule has 1 saturated carbocycles. The van der Waals surface area contributed by atoms with E-state index >= 15 is 0 Å². The standard InChI is InChI=1S/C18H21N3O2/c1-3-11(2)15(17-19-16(20-23-17)12-8-9-12)21-10-13-6-4-5-7-14(13)18(21)22/h4-7,11-12,15H,3,8-10H2,1-2H3/t11-,15+/m0/s1. The van der Waals surface area contributed by atoms with Crippen LogP contribution in [0.2, 0.25) is 0 Å². The van der Waals surface area contributed by atoms with Gasteiger partial charge in [-0.1, -0.05) is 43.6 Å². The second kappa shape index (κ2) is 5.48. The van der Waals surface area contributed by atoms with Gasteiger partial charge >= 0.3 is 0 Å². The topological polar surface area (TPSA) is 59.2 Å². The molecular weight excluding hydrogens is 290 g/mol. The second-order valence-corrected chi connectivity index (χ2v) is 6.69. The van der Waals surface area contributed by atoms with E-state index in [1.54, 1.807) is 0 Å². The second-order valence-electron chi connectivity index (χ2n) is 6.69. The fraction of sp³-hybridized carbons (Fsp3) is 0.500. The molecule has 2 atom stereocenters. The zero-order valence-corrected chi connectivity index (χ0v) is 13.5. The van der Waals surface area contributed by atoms with Gasteiger partial charge in [-0.15, -0.1) is 0 Å². The van der Waals surface area contributed by atoms with Crippen molar-refractivity contribution < 1.29 is 9.32 Å². The van der Waals surface area contributed by atoms with Crippen molar-refractivity contribution in [1.29, 1.82) is 0 Å². The quantitative estimate of drug-likeness (QED) is 0.845. The summed E-state index contributed by atoms with van der Waals surface area (Å²) in [6.45, 7) is 4.89. The van der Waals surface area contributed by atoms with E-state index in [0.29, 0.717) is 18.4 Å². The average Bonchev–Trinajstić information content (AvgIpc) is 3.23. The van der Waals surface area contributed by atoms with Crippen LogP contribution in [0, 0.1) is 5.92 Å². The summed E-state index contributed by atoms with van der Waals surface area (Å²) in [5, 5.41) is 4.14. The zero-order valence-electron chi connectivity index (χ0n) is 13.5. The molecule has 5 nitrogen and oxygen atoms in total. The van der Waals surface area contributed by atoms with Crippen molar-refractivity contribution in [3.63, 3.8) is 0 Å². The maximum absolute atomic E-state index is 12.8. The van der Waals surface area contributed by atoms with Gasteiger partial charge in [-0.2, -0.15) is 4.98 Å². The predicted octanol–water partition coefficient (Wildman–Crippen LogP) is 3.69. The fourth-order valence-electron chi connectivity index (χ4n) is 3.28. The van der Waals surface area contributed by atoms with E-state index in [9.17, 15) is 4.79 Å². The molecule has 1 aromatic heterocycles. The lowest BCUT2D eigenvalue weighted by molar-refractivity contribution is 0.0578. The minimum absolute atomic E-state index is 0.0667. The van der Waals surface area contributed by atoms with Crippen LogP contribution >= 0.6 is 0 Å². The first-order chi connectivity index (χ1) is 11.2. The molecule has 2 aromatic rings. The summed E-state index contributed by atoms with van der Waals surface area (Å²) < 4.78 is 5.56. The third-order valence-corrected chi connectivity index (χ3v) is 5.02. The summed E-state index contributed by atoms with van der Waals surface area (Å²) in [6, 6.07) is 7.65. The predicted molar refractivity (Wildman–Crippen MR) is 84.8 cm³/mol. The number of benzene rings is 1. The molecule has 1 aliphatic carbocycles. The van der Waals surface area contributed by atoms with Crippen LogP contribution in [-0.4, -0.2) is 20.9 Å². The molecule has 0 unspecified atom stereocenters. The fourth-order valence-corrected chi connectivity index (χ4v) is 3.28. The molecule has 0 radical (unpaired) electrons. The van der Waals surface area contributed by atoms with E-state index in [1.165, 1.54) is 0 Å². The molecule has 4 rings (SSSR count). The first-order valence-electron chi connectivity index (χ1n) is 8.41. The molecule has 120 valence electrons. The Hall–Kier alpha value is -2.17. The number of carbonyl (C=O) groups excluding carboxylic acids is 1. The molecule has 2 aliphatic rings. The van der Waals surface area contributed by atoms with E-state index in [2.05, 4.69) is 24.0 Å². The van der Waals surface area contributed by atoms with Gasteiger partial charge in [0.25, 0.3) is 5.91 Å². The number of nitrogens with zero attached hydrogens (tertiary/aromatic N) is 3. The van der Waals surface area contributed by atoms with Gasteiger partial charge in [-0.05, 0) is 30.4 Å². The van der Waals surface area contributed by atoms with Gasteiger partial charge in [-0.3, -0.25) is 4.79 Å². The Morgan fingerprint density at radius 3 is 2.83 bits per heavy atom. The van der Waals surface area contributed by atoms with Crippen molar-refractivity contribution in [1.82, 2.24) is 15.0 Å². The normalized spacial score (nSPS) is 19.7. The van der Waals surface area contributed by atoms with Crippen molar-refractivity contribution in [2.75, 3.05) is 0 Å². The van der Waals surface area contributed by atoms with Crippen molar-refractivity contribution in [3.8, 4) is 0 Å². The van der Waals surface area contributed by atoms with Crippen LogP contribution in [0.25, 0.3) is 0 Å². The third kappa shape index (κ3) is 2.44. The lowest BCUT2D eigenvalue weighted by Gasteiger charge is -2.29. The zero-order chi connectivity index (χ0) is 16.0. The molecule has 1 amide bonds. The molecular formula is C18H21N3O2. The largest absolute Gasteiger partial charge is 0.337 e. The van der Waals surface area contributed by atoms with E-state index in [0.717, 1.165) is 36.2 Å². The van der Waals surface area contributed by atoms with Crippen LogP contribution in [0.15, 0.2) is 28.8 Å². The SMILES string of the molecule is CC[C@H](C)[C@H](c1nc(C2CC2)no1)N1Cc2ccccc2C1=O. The van der Waals surface area contributed by atoms with E-state index in [4.69, 9.17) is 4.52 Å². The van der Waals surface area contributed by atoms with Crippen LogP contribution in [0.4, 0.5) is 0 Å². The molecule has 5 heteroatoms. The number of fused-ring (bicyclic) bond motifs is 1. The van der Waals surface area contributed by atoms with Gasteiger partial charge in [0.15, 0.2) is 5.82 Å². The molecule has 0 bridgehead atoms. The summed E-state index contributed by atoms with van der Waals surface area (Å²) in [7, 11) is 0. The van der Waals surface area contributed by atoms with Crippen LogP contribution in [0.3, 0.4) is 0 Å². The number of hydrogen-bond donors (Lipinski definition) is 0. The van der Waals surface area contributed by atoms with Crippen LogP contribution in [0.5, 0.6) is 0 Å². The third-order valence-electron chi connectivity index (χ3n) is 5.02. The Labute approximate surface area is 135 Å². The van der Waals surface area contributed by atoms with Crippen molar-refractivity contribution in [3.05, 3.63) is 47.1 Å². The highest BCUT2D eigenvalue weighted by Crippen LogP contribution is 2.41. The summed E-state index contributed by atoms with van der Waals surface area (Å²) in [4.78, 5) is 19.3. The first kappa shape index (κ1) is 14.4. The van der Waals surface area contributed by atoms with Crippen molar-refractivity contribution in [2.24, 2.45) is 5.92 Å². The van der Waals surface area contributed by atoms with Crippen LogP contribution < -0.4 is 0 Å². The molecule has 2 heterocycles. The van der Waals surface area contributed by atoms with Gasteiger partial charge in [0, 0.05) is 18.0 Å². The Bertz CT molecular complexity index is 735. The maximum Gasteiger partial charge on any atom is 0.255 e. The number of carbonyl (C=O) groups is 1. The Kier molecular flexibility index (Phi) is 3.43. The summed E-state index contributed by atoms with van der Waals surface area (Å²) in [6.07, 6.45) is 3.23. The smallest absolute Gasteiger partial charge is 0.255 e. The van der Waals surface area contributed by atoms with E-state index in [-0.39, 0.29) is 17.9 Å². The highest BCUT2D eigenvalue weighted by molar-refractivity contribution is 5.98. The van der Waals surface area contributed by atoms with Gasteiger partial charge in [0.05, 0.1) is 0 Å². The molecule has 23 heavy (non-hydrogen) atoms. The molecule has 0 spiro atoms. The van der Waals surface area contributed by atoms with Crippen LogP contribution in [0.1, 0.15) is 72.7 Å². The summed E-state index contributed by atoms with van der Waals surface area (Å²) in [5.41, 5.74) is 1.87. The molecule has 1 fully saturated rings. The Morgan fingerprint density at radius 1 is 1.35 bits per heavy atom. The van der Waals surface area contributed by atoms with Crippen molar-refractivity contribution >= 4 is 5.91 Å². The number of hydrogen-bond acceptors (Lipinski definition) is 4. The number of amides is 1. The minimum atomic E-state index is -0.153. The average molecular weight is 311 g/mol. The maximum atomic E-state index is 12.8. The number of aromatic nitrogens is 2. The van der Waals surface area contributed by atoms with E-state index < -0.39 is 0 Å². The summed E-state index contributed by atoms with van der Waals surface area (Å²) >= 11 is 0. The Balaban J connectivity index is 1.67. The lowest BCUT2D eigenvalue weighted by Crippen LogP contribution is -2.33. The minimum Gasteiger partial charge on any atom is -0.337 e. The molecule has 0 N–H and O–H groups in total. The Morgan fingerprint density at radius 2 is 2.13 bits per heavy atom. The van der Waals surface area contributed by atoms with Crippen molar-refractivity contribution in [2.45, 2.75) is 51.6 Å². The van der Waals surface area contributed by atoms with Crippen LogP contribution in [-0.2, 0) is 6.54 Å². The van der Waals surface area contributed by atoms with Gasteiger partial charge < -0.3 is 9.42 Å². The van der Waals surface area contributed by atoms with Gasteiger partial charge in [0.1, 0.15) is 6.04 Å². The van der Waals surface area contributed by atoms with Gasteiger partial charge in [0.2, 0.25) is 5.89 Å². The molecule has 1 aliphatic heterocycles. The molecule has 0 saturated heterocycles. The number of rotatable bonds is 5. The van der Waals surface area contributed by atoms with E-state index in [1.807, 2.05) is 29.2 Å². The lowest BCUT2D eigenvalue weighted by atomic mass is 9.97. The first-order valence-corrected chi connectivity index (χ1v) is 8.41. The highest BCUT2D eigenvalue weighted by Gasteiger charge is 2.39. The van der Waals surface area contributed by atoms with Gasteiger partial charge in [-0.25, -0.2) is 0 Å². The molecule has 1 aromatic carbocycles.